The zero-order chi connectivity index (χ0) is 21.8. The van der Waals surface area contributed by atoms with E-state index in [1.54, 1.807) is 25.1 Å². The van der Waals surface area contributed by atoms with Crippen LogP contribution < -0.4 is 10.6 Å². The highest BCUT2D eigenvalue weighted by Gasteiger charge is 2.23. The number of aryl methyl sites for hydroxylation is 3. The van der Waals surface area contributed by atoms with Gasteiger partial charge in [-0.25, -0.2) is 4.79 Å². The van der Waals surface area contributed by atoms with Crippen LogP contribution in [0.2, 0.25) is 0 Å². The van der Waals surface area contributed by atoms with Crippen molar-refractivity contribution in [1.29, 1.82) is 0 Å². The van der Waals surface area contributed by atoms with Crippen LogP contribution in [0.15, 0.2) is 47.1 Å². The Hall–Kier alpha value is -3.39. The van der Waals surface area contributed by atoms with Gasteiger partial charge in [-0.3, -0.25) is 9.59 Å². The average Bonchev–Trinajstić information content (AvgIpc) is 3.34. The third-order valence-corrected chi connectivity index (χ3v) is 5.52. The lowest BCUT2D eigenvalue weighted by Crippen LogP contribution is -2.30. The van der Waals surface area contributed by atoms with Gasteiger partial charge in [-0.2, -0.15) is 0 Å². The molecular weight excluding hydrogens is 404 g/mol. The van der Waals surface area contributed by atoms with Crippen molar-refractivity contribution in [1.82, 2.24) is 0 Å². The zero-order valence-electron chi connectivity index (χ0n) is 17.1. The summed E-state index contributed by atoms with van der Waals surface area (Å²) in [4.78, 5) is 37.4. The number of esters is 1. The lowest BCUT2D eigenvalue weighted by Gasteiger charge is -2.15. The Morgan fingerprint density at radius 1 is 1.03 bits per heavy atom. The number of nitrogens with one attached hydrogen (secondary N) is 2. The Bertz CT molecular complexity index is 1090. The number of carbonyl (C=O) groups is 3. The fourth-order valence-corrected chi connectivity index (χ4v) is 3.65. The average molecular weight is 426 g/mol. The van der Waals surface area contributed by atoms with Crippen LogP contribution in [0.5, 0.6) is 0 Å². The van der Waals surface area contributed by atoms with Gasteiger partial charge in [-0.1, -0.05) is 12.1 Å². The monoisotopic (exact) mass is 426 g/mol. The minimum absolute atomic E-state index is 0.168. The quantitative estimate of drug-likeness (QED) is 0.557. The van der Waals surface area contributed by atoms with Crippen molar-refractivity contribution < 1.29 is 23.5 Å². The fourth-order valence-electron chi connectivity index (χ4n) is 2.70. The Balaban J connectivity index is 1.63. The molecule has 0 spiro atoms. The van der Waals surface area contributed by atoms with E-state index in [9.17, 15) is 14.4 Å². The summed E-state index contributed by atoms with van der Waals surface area (Å²) in [5, 5.41) is 5.95. The SMILES string of the molecule is Cc1ccc(C)c(NC(=O)C(C)OC(=O)c2sc(NC(=O)c3ccco3)cc2C)c1. The van der Waals surface area contributed by atoms with E-state index in [4.69, 9.17) is 9.15 Å². The van der Waals surface area contributed by atoms with Crippen LogP contribution in [0.25, 0.3) is 0 Å². The van der Waals surface area contributed by atoms with Gasteiger partial charge in [-0.05, 0) is 68.7 Å². The van der Waals surface area contributed by atoms with Gasteiger partial charge < -0.3 is 19.8 Å². The Morgan fingerprint density at radius 3 is 2.50 bits per heavy atom. The maximum atomic E-state index is 12.6. The van der Waals surface area contributed by atoms with E-state index >= 15 is 0 Å². The van der Waals surface area contributed by atoms with Crippen LogP contribution in [0.4, 0.5) is 10.7 Å². The number of hydrogen-bond donors (Lipinski definition) is 2. The molecule has 3 rings (SSSR count). The first-order chi connectivity index (χ1) is 14.2. The summed E-state index contributed by atoms with van der Waals surface area (Å²) in [5.41, 5.74) is 3.25. The number of amides is 2. The summed E-state index contributed by atoms with van der Waals surface area (Å²) in [7, 11) is 0. The fraction of sp³-hybridized carbons (Fsp3) is 0.227. The summed E-state index contributed by atoms with van der Waals surface area (Å²) < 4.78 is 10.4. The van der Waals surface area contributed by atoms with Crippen LogP contribution in [-0.4, -0.2) is 23.9 Å². The summed E-state index contributed by atoms with van der Waals surface area (Å²) in [6, 6.07) is 10.6. The molecule has 7 nitrogen and oxygen atoms in total. The maximum absolute atomic E-state index is 12.6. The molecule has 1 atom stereocenters. The molecule has 0 bridgehead atoms. The number of hydrogen-bond acceptors (Lipinski definition) is 6. The number of carbonyl (C=O) groups excluding carboxylic acids is 3. The van der Waals surface area contributed by atoms with E-state index in [1.165, 1.54) is 13.2 Å². The van der Waals surface area contributed by atoms with Crippen LogP contribution >= 0.6 is 11.3 Å². The molecule has 0 aliphatic heterocycles. The number of thiophene rings is 1. The van der Waals surface area contributed by atoms with Crippen molar-refractivity contribution >= 4 is 39.8 Å². The van der Waals surface area contributed by atoms with Gasteiger partial charge in [0.05, 0.1) is 11.3 Å². The highest BCUT2D eigenvalue weighted by molar-refractivity contribution is 7.18. The molecule has 0 aliphatic rings. The molecular formula is C22H22N2O5S. The molecule has 1 aromatic carbocycles. The van der Waals surface area contributed by atoms with E-state index in [0.29, 0.717) is 21.1 Å². The number of ether oxygens (including phenoxy) is 1. The molecule has 156 valence electrons. The van der Waals surface area contributed by atoms with Gasteiger partial charge in [0, 0.05) is 5.69 Å². The Labute approximate surface area is 178 Å². The second-order valence-corrected chi connectivity index (χ2v) is 7.96. The molecule has 0 aliphatic carbocycles. The topological polar surface area (TPSA) is 97.6 Å². The van der Waals surface area contributed by atoms with Gasteiger partial charge in [0.2, 0.25) is 0 Å². The van der Waals surface area contributed by atoms with E-state index < -0.39 is 23.9 Å². The molecule has 0 saturated heterocycles. The highest BCUT2D eigenvalue weighted by Crippen LogP contribution is 2.28. The van der Waals surface area contributed by atoms with Crippen LogP contribution in [-0.2, 0) is 9.53 Å². The van der Waals surface area contributed by atoms with E-state index in [2.05, 4.69) is 10.6 Å². The first-order valence-corrected chi connectivity index (χ1v) is 10.1. The van der Waals surface area contributed by atoms with Crippen molar-refractivity contribution in [2.45, 2.75) is 33.8 Å². The lowest BCUT2D eigenvalue weighted by molar-refractivity contribution is -0.123. The maximum Gasteiger partial charge on any atom is 0.349 e. The molecule has 3 aromatic rings. The van der Waals surface area contributed by atoms with E-state index in [-0.39, 0.29) is 5.76 Å². The van der Waals surface area contributed by atoms with Gasteiger partial charge in [0.1, 0.15) is 4.88 Å². The minimum atomic E-state index is -0.986. The van der Waals surface area contributed by atoms with Crippen LogP contribution in [0, 0.1) is 20.8 Å². The van der Waals surface area contributed by atoms with Gasteiger partial charge in [0.25, 0.3) is 11.8 Å². The van der Waals surface area contributed by atoms with Gasteiger partial charge in [-0.15, -0.1) is 11.3 Å². The summed E-state index contributed by atoms with van der Waals surface area (Å²) >= 11 is 1.08. The number of furan rings is 1. The predicted octanol–water partition coefficient (Wildman–Crippen LogP) is 4.70. The largest absolute Gasteiger partial charge is 0.459 e. The van der Waals surface area contributed by atoms with Crippen molar-refractivity contribution in [2.24, 2.45) is 0 Å². The Kier molecular flexibility index (Phi) is 6.37. The second-order valence-electron chi connectivity index (χ2n) is 6.91. The molecule has 30 heavy (non-hydrogen) atoms. The first kappa shape index (κ1) is 21.3. The van der Waals surface area contributed by atoms with Gasteiger partial charge in [0.15, 0.2) is 11.9 Å². The number of benzene rings is 1. The standard InChI is InChI=1S/C22H22N2O5S/c1-12-7-8-13(2)16(10-12)23-20(25)15(4)29-22(27)19-14(3)11-18(30-19)24-21(26)17-6-5-9-28-17/h5-11,15H,1-4H3,(H,23,25)(H,24,26). The second kappa shape index (κ2) is 8.96. The molecule has 0 saturated carbocycles. The third kappa shape index (κ3) is 4.96. The van der Waals surface area contributed by atoms with E-state index in [1.807, 2.05) is 32.0 Å². The van der Waals surface area contributed by atoms with Crippen molar-refractivity contribution in [2.75, 3.05) is 10.6 Å². The molecule has 1 unspecified atom stereocenters. The predicted molar refractivity (Wildman–Crippen MR) is 115 cm³/mol. The first-order valence-electron chi connectivity index (χ1n) is 9.29. The normalized spacial score (nSPS) is 11.6. The highest BCUT2D eigenvalue weighted by atomic mass is 32.1. The molecule has 0 radical (unpaired) electrons. The van der Waals surface area contributed by atoms with Crippen molar-refractivity contribution in [3.63, 3.8) is 0 Å². The van der Waals surface area contributed by atoms with Crippen molar-refractivity contribution in [3.8, 4) is 0 Å². The molecule has 2 N–H and O–H groups in total. The lowest BCUT2D eigenvalue weighted by atomic mass is 10.1. The van der Waals surface area contributed by atoms with Crippen LogP contribution in [0.1, 0.15) is 43.8 Å². The van der Waals surface area contributed by atoms with E-state index in [0.717, 1.165) is 22.5 Å². The van der Waals surface area contributed by atoms with Gasteiger partial charge >= 0.3 is 5.97 Å². The smallest absolute Gasteiger partial charge is 0.349 e. The molecule has 2 aromatic heterocycles. The minimum Gasteiger partial charge on any atom is -0.459 e. The molecule has 0 fully saturated rings. The summed E-state index contributed by atoms with van der Waals surface area (Å²) in [5.74, 6) is -1.29. The zero-order valence-corrected chi connectivity index (χ0v) is 17.9. The molecule has 8 heteroatoms. The summed E-state index contributed by atoms with van der Waals surface area (Å²) in [6.45, 7) is 7.07. The number of rotatable bonds is 6. The molecule has 2 amide bonds. The van der Waals surface area contributed by atoms with Crippen LogP contribution in [0.3, 0.4) is 0 Å². The third-order valence-electron chi connectivity index (χ3n) is 4.39. The Morgan fingerprint density at radius 2 is 1.80 bits per heavy atom. The number of anilines is 2. The summed E-state index contributed by atoms with van der Waals surface area (Å²) in [6.07, 6.45) is 0.419. The van der Waals surface area contributed by atoms with Crippen molar-refractivity contribution in [3.05, 3.63) is 70.0 Å². The molecule has 2 heterocycles.